The molecule has 5 rings (SSSR count). The molecule has 1 aliphatic heterocycles. The minimum Gasteiger partial charge on any atom is -0.496 e. The minimum absolute atomic E-state index is 0.325. The zero-order valence-corrected chi connectivity index (χ0v) is 27.5. The summed E-state index contributed by atoms with van der Waals surface area (Å²) in [6.07, 6.45) is 8.79. The van der Waals surface area contributed by atoms with Crippen molar-refractivity contribution in [2.45, 2.75) is 64.7 Å². The van der Waals surface area contributed by atoms with Crippen LogP contribution < -0.4 is 31.3 Å². The summed E-state index contributed by atoms with van der Waals surface area (Å²) in [7, 11) is 3.25. The predicted molar refractivity (Wildman–Crippen MR) is 179 cm³/mol. The molecule has 1 fully saturated rings. The van der Waals surface area contributed by atoms with Gasteiger partial charge in [0.2, 0.25) is 17.7 Å². The van der Waals surface area contributed by atoms with Crippen molar-refractivity contribution >= 4 is 40.1 Å². The number of carbonyl (C=O) groups is 3. The Kier molecular flexibility index (Phi) is 10.5. The number of ether oxygens (including phenoxy) is 1. The Morgan fingerprint density at radius 1 is 1.13 bits per heavy atom. The van der Waals surface area contributed by atoms with Gasteiger partial charge in [-0.25, -0.2) is 15.0 Å². The summed E-state index contributed by atoms with van der Waals surface area (Å²) >= 11 is 0. The Hall–Kier alpha value is -4.88. The number of carbonyl (C=O) groups excluding carboxylic acids is 3. The molecular weight excluding hydrogens is 598 g/mol. The minimum atomic E-state index is -1.03. The molecule has 13 nitrogen and oxygen atoms in total. The third kappa shape index (κ3) is 8.10. The topological polar surface area (TPSA) is 164 Å². The van der Waals surface area contributed by atoms with Gasteiger partial charge in [0.05, 0.1) is 31.0 Å². The first-order valence-electron chi connectivity index (χ1n) is 15.8. The first-order chi connectivity index (χ1) is 22.6. The second kappa shape index (κ2) is 14.7. The van der Waals surface area contributed by atoms with E-state index in [0.29, 0.717) is 36.5 Å². The Bertz CT molecular complexity index is 1700. The van der Waals surface area contributed by atoms with Crippen LogP contribution in [0.3, 0.4) is 0 Å². The number of hydrogen-bond acceptors (Lipinski definition) is 10. The summed E-state index contributed by atoms with van der Waals surface area (Å²) in [5.41, 5.74) is 2.60. The molecule has 3 atom stereocenters. The smallest absolute Gasteiger partial charge is 0.249 e. The van der Waals surface area contributed by atoms with Crippen LogP contribution in [0.1, 0.15) is 44.7 Å². The lowest BCUT2D eigenvalue weighted by atomic mass is 9.77. The van der Waals surface area contributed by atoms with Crippen molar-refractivity contribution in [1.29, 1.82) is 0 Å². The molecule has 2 aromatic heterocycles. The largest absolute Gasteiger partial charge is 0.496 e. The molecule has 0 aliphatic carbocycles. The summed E-state index contributed by atoms with van der Waals surface area (Å²) in [5, 5.41) is 15.6. The summed E-state index contributed by atoms with van der Waals surface area (Å²) < 4.78 is 7.78. The van der Waals surface area contributed by atoms with Crippen LogP contribution in [0.4, 0.5) is 11.5 Å². The molecule has 0 spiro atoms. The second-order valence-electron chi connectivity index (χ2n) is 12.6. The highest BCUT2D eigenvalue weighted by Crippen LogP contribution is 2.35. The van der Waals surface area contributed by atoms with E-state index in [2.05, 4.69) is 41.5 Å². The van der Waals surface area contributed by atoms with E-state index in [1.54, 1.807) is 33.6 Å². The van der Waals surface area contributed by atoms with E-state index in [-0.39, 0.29) is 5.91 Å². The average Bonchev–Trinajstić information content (AvgIpc) is 3.79. The van der Waals surface area contributed by atoms with Crippen LogP contribution in [0.5, 0.6) is 5.75 Å². The fourth-order valence-corrected chi connectivity index (χ4v) is 5.77. The molecule has 0 radical (unpaired) electrons. The number of likely N-dealkylation sites (N-methyl/N-ethyl adjacent to an activating group) is 1. The monoisotopic (exact) mass is 641 g/mol. The highest BCUT2D eigenvalue weighted by Gasteiger charge is 2.39. The van der Waals surface area contributed by atoms with E-state index in [4.69, 9.17) is 4.74 Å². The first kappa shape index (κ1) is 33.5. The summed E-state index contributed by atoms with van der Waals surface area (Å²) in [4.78, 5) is 52.7. The molecule has 3 amide bonds. The molecule has 5 N–H and O–H groups in total. The molecule has 2 aromatic carbocycles. The lowest BCUT2D eigenvalue weighted by Gasteiger charge is -2.35. The maximum Gasteiger partial charge on any atom is 0.249 e. The number of amides is 3. The highest BCUT2D eigenvalue weighted by atomic mass is 16.5. The van der Waals surface area contributed by atoms with Crippen molar-refractivity contribution in [3.05, 3.63) is 72.6 Å². The van der Waals surface area contributed by atoms with E-state index in [0.717, 1.165) is 35.2 Å². The normalized spacial score (nSPS) is 16.0. The lowest BCUT2D eigenvalue weighted by Crippen LogP contribution is -2.59. The highest BCUT2D eigenvalue weighted by molar-refractivity contribution is 6.02. The van der Waals surface area contributed by atoms with Gasteiger partial charge in [0, 0.05) is 36.1 Å². The number of imide groups is 1. The fourth-order valence-electron chi connectivity index (χ4n) is 5.77. The molecule has 1 saturated heterocycles. The Morgan fingerprint density at radius 3 is 2.57 bits per heavy atom. The average molecular weight is 642 g/mol. The molecule has 4 aromatic rings. The first-order valence-corrected chi connectivity index (χ1v) is 15.8. The number of nitrogens with zero attached hydrogens (tertiary/aromatic N) is 4. The second-order valence-corrected chi connectivity index (χ2v) is 12.6. The van der Waals surface area contributed by atoms with Crippen LogP contribution in [0.15, 0.2) is 61.4 Å². The van der Waals surface area contributed by atoms with Crippen LogP contribution in [-0.2, 0) is 27.3 Å². The van der Waals surface area contributed by atoms with Gasteiger partial charge in [-0.15, -0.1) is 0 Å². The number of nitrogens with one attached hydrogen (secondary N) is 5. The maximum atomic E-state index is 13.7. The Labute approximate surface area is 274 Å². The van der Waals surface area contributed by atoms with Crippen LogP contribution in [0.25, 0.3) is 10.9 Å². The van der Waals surface area contributed by atoms with Gasteiger partial charge in [-0.2, -0.15) is 0 Å². The lowest BCUT2D eigenvalue weighted by molar-refractivity contribution is -0.137. The molecule has 248 valence electrons. The number of methoxy groups -OCH3 is 1. The van der Waals surface area contributed by atoms with E-state index in [9.17, 15) is 14.4 Å². The zero-order chi connectivity index (χ0) is 33.6. The van der Waals surface area contributed by atoms with Gasteiger partial charge in [0.25, 0.3) is 0 Å². The van der Waals surface area contributed by atoms with Crippen molar-refractivity contribution in [2.75, 3.05) is 26.0 Å². The van der Waals surface area contributed by atoms with Gasteiger partial charge in [0.15, 0.2) is 0 Å². The molecule has 47 heavy (non-hydrogen) atoms. The van der Waals surface area contributed by atoms with Gasteiger partial charge < -0.3 is 30.6 Å². The summed E-state index contributed by atoms with van der Waals surface area (Å²) in [6, 6.07) is 9.86. The SMILES string of the molecule is CN[C@@H](C)C(=O)N[C@H](C(=O)NC(=O)[C@@H]1CCCN1)C(C)(C)Cc1cc2c(Nc3ccc(Cn4ccnc4)cc3)ncnc2cc1OC. The molecule has 3 heterocycles. The standard InChI is InChI=1S/C34H43N9O4/c1-21(35-4)31(44)41-29(33(46)42-32(45)26-7-6-12-37-26)34(2,3)17-23-15-25-27(16-28(23)47-5)38-19-39-30(25)40-24-10-8-22(9-11-24)18-43-14-13-36-20-43/h8-11,13-16,19-21,26,29,35,37H,6-7,12,17-18H2,1-5H3,(H,41,44)(H,38,39,40)(H,42,45,46)/t21-,26-,29+/m0/s1. The van der Waals surface area contributed by atoms with Crippen LogP contribution >= 0.6 is 0 Å². The summed E-state index contributed by atoms with van der Waals surface area (Å²) in [5.74, 6) is -0.116. The quantitative estimate of drug-likeness (QED) is 0.147. The number of rotatable bonds is 13. The van der Waals surface area contributed by atoms with Gasteiger partial charge >= 0.3 is 0 Å². The van der Waals surface area contributed by atoms with Gasteiger partial charge in [0.1, 0.15) is 23.9 Å². The van der Waals surface area contributed by atoms with Crippen LogP contribution in [-0.4, -0.2) is 76.1 Å². The summed E-state index contributed by atoms with van der Waals surface area (Å²) in [6.45, 7) is 6.91. The number of aromatic nitrogens is 4. The van der Waals surface area contributed by atoms with E-state index < -0.39 is 35.4 Å². The number of benzene rings is 2. The maximum absolute atomic E-state index is 13.7. The predicted octanol–water partition coefficient (Wildman–Crippen LogP) is 2.68. The van der Waals surface area contributed by atoms with Crippen LogP contribution in [0, 0.1) is 5.41 Å². The van der Waals surface area contributed by atoms with Crippen molar-refractivity contribution in [3.8, 4) is 5.75 Å². The van der Waals surface area contributed by atoms with Gasteiger partial charge in [-0.3, -0.25) is 19.7 Å². The number of imidazole rings is 1. The molecule has 0 bridgehead atoms. The Balaban J connectivity index is 1.41. The van der Waals surface area contributed by atoms with Crippen molar-refractivity contribution in [3.63, 3.8) is 0 Å². The zero-order valence-electron chi connectivity index (χ0n) is 27.5. The molecule has 1 aliphatic rings. The van der Waals surface area contributed by atoms with Crippen molar-refractivity contribution in [1.82, 2.24) is 40.8 Å². The third-order valence-electron chi connectivity index (χ3n) is 8.60. The van der Waals surface area contributed by atoms with E-state index >= 15 is 0 Å². The number of fused-ring (bicyclic) bond motifs is 1. The van der Waals surface area contributed by atoms with Crippen molar-refractivity contribution < 1.29 is 19.1 Å². The Morgan fingerprint density at radius 2 is 1.91 bits per heavy atom. The third-order valence-corrected chi connectivity index (χ3v) is 8.60. The number of anilines is 2. The van der Waals surface area contributed by atoms with Gasteiger partial charge in [-0.05, 0) is 74.5 Å². The fraction of sp³-hybridized carbons (Fsp3) is 0.412. The number of hydrogen-bond donors (Lipinski definition) is 5. The van der Waals surface area contributed by atoms with Gasteiger partial charge in [-0.1, -0.05) is 26.0 Å². The van der Waals surface area contributed by atoms with E-state index in [1.807, 2.05) is 61.0 Å². The van der Waals surface area contributed by atoms with E-state index in [1.165, 1.54) is 6.33 Å². The van der Waals surface area contributed by atoms with Crippen molar-refractivity contribution in [2.24, 2.45) is 5.41 Å². The van der Waals surface area contributed by atoms with Crippen LogP contribution in [0.2, 0.25) is 0 Å². The molecule has 0 unspecified atom stereocenters. The molecule has 0 saturated carbocycles. The molecule has 13 heteroatoms. The molecular formula is C34H43N9O4.